The Bertz CT molecular complexity index is 943. The normalized spacial score (nSPS) is 13.6. The van der Waals surface area contributed by atoms with E-state index in [1.54, 1.807) is 24.5 Å². The van der Waals surface area contributed by atoms with E-state index in [1.807, 2.05) is 24.3 Å². The van der Waals surface area contributed by atoms with E-state index in [4.69, 9.17) is 0 Å². The molecule has 1 aliphatic carbocycles. The summed E-state index contributed by atoms with van der Waals surface area (Å²) in [5, 5.41) is 6.65. The standard InChI is InChI=1S/C19H18N4O2/c24-18(23-14-6-7-14)13-4-1-3-12(9-13)10-22-19(25)16-11-21-17-15(16)5-2-8-20-17/h1-5,8-9,11,14H,6-7,10H2,(H,20,21)(H,22,25)(H,23,24). The molecular formula is C19H18N4O2. The zero-order valence-corrected chi connectivity index (χ0v) is 13.6. The lowest BCUT2D eigenvalue weighted by molar-refractivity contribution is 0.0945. The lowest BCUT2D eigenvalue weighted by Crippen LogP contribution is -2.26. The van der Waals surface area contributed by atoms with Gasteiger partial charge in [0.2, 0.25) is 0 Å². The molecule has 2 aromatic heterocycles. The molecule has 2 amide bonds. The molecule has 1 aromatic carbocycles. The highest BCUT2D eigenvalue weighted by molar-refractivity contribution is 6.05. The minimum absolute atomic E-state index is 0.0571. The van der Waals surface area contributed by atoms with E-state index >= 15 is 0 Å². The van der Waals surface area contributed by atoms with Crippen LogP contribution in [0.4, 0.5) is 0 Å². The highest BCUT2D eigenvalue weighted by atomic mass is 16.2. The number of benzene rings is 1. The average molecular weight is 334 g/mol. The maximum Gasteiger partial charge on any atom is 0.253 e. The van der Waals surface area contributed by atoms with Crippen molar-refractivity contribution in [2.45, 2.75) is 25.4 Å². The number of carbonyl (C=O) groups is 2. The van der Waals surface area contributed by atoms with Crippen LogP contribution in [0.25, 0.3) is 11.0 Å². The van der Waals surface area contributed by atoms with Crippen molar-refractivity contribution in [2.24, 2.45) is 0 Å². The fraction of sp³-hybridized carbons (Fsp3) is 0.211. The molecule has 0 aliphatic heterocycles. The SMILES string of the molecule is O=C(NC1CC1)c1cccc(CNC(=O)c2c[nH]c3ncccc23)c1. The van der Waals surface area contributed by atoms with Gasteiger partial charge in [0.05, 0.1) is 5.56 Å². The maximum atomic E-state index is 12.4. The van der Waals surface area contributed by atoms with Gasteiger partial charge >= 0.3 is 0 Å². The van der Waals surface area contributed by atoms with E-state index in [2.05, 4.69) is 20.6 Å². The second kappa shape index (κ2) is 6.39. The fourth-order valence-electron chi connectivity index (χ4n) is 2.74. The third-order valence-corrected chi connectivity index (χ3v) is 4.25. The average Bonchev–Trinajstić information content (AvgIpc) is 3.35. The number of pyridine rings is 1. The third kappa shape index (κ3) is 3.38. The molecule has 3 aromatic rings. The Balaban J connectivity index is 1.44. The molecule has 1 fully saturated rings. The number of aromatic amines is 1. The van der Waals surface area contributed by atoms with Gasteiger partial charge in [0.1, 0.15) is 5.65 Å². The highest BCUT2D eigenvalue weighted by Crippen LogP contribution is 2.19. The zero-order chi connectivity index (χ0) is 17.2. The second-order valence-corrected chi connectivity index (χ2v) is 6.23. The third-order valence-electron chi connectivity index (χ3n) is 4.25. The molecule has 126 valence electrons. The second-order valence-electron chi connectivity index (χ2n) is 6.23. The van der Waals surface area contributed by atoms with Crippen LogP contribution in [0.3, 0.4) is 0 Å². The Morgan fingerprint density at radius 2 is 2.04 bits per heavy atom. The summed E-state index contributed by atoms with van der Waals surface area (Å²) in [5.74, 6) is -0.231. The minimum Gasteiger partial charge on any atom is -0.349 e. The Hall–Kier alpha value is -3.15. The van der Waals surface area contributed by atoms with Crippen LogP contribution in [-0.4, -0.2) is 27.8 Å². The molecule has 0 unspecified atom stereocenters. The van der Waals surface area contributed by atoms with Gasteiger partial charge in [0, 0.05) is 35.9 Å². The molecule has 0 saturated heterocycles. The Kier molecular flexibility index (Phi) is 3.93. The molecule has 4 rings (SSSR count). The number of nitrogens with zero attached hydrogens (tertiary/aromatic N) is 1. The van der Waals surface area contributed by atoms with E-state index in [0.717, 1.165) is 23.8 Å². The molecule has 3 N–H and O–H groups in total. The number of aromatic nitrogens is 2. The molecule has 1 saturated carbocycles. The predicted molar refractivity (Wildman–Crippen MR) is 94.2 cm³/mol. The summed E-state index contributed by atoms with van der Waals surface area (Å²) < 4.78 is 0. The first kappa shape index (κ1) is 15.4. The van der Waals surface area contributed by atoms with Gasteiger partial charge < -0.3 is 15.6 Å². The molecule has 2 heterocycles. The zero-order valence-electron chi connectivity index (χ0n) is 13.6. The van der Waals surface area contributed by atoms with Crippen LogP contribution in [0.2, 0.25) is 0 Å². The number of hydrogen-bond donors (Lipinski definition) is 3. The fourth-order valence-corrected chi connectivity index (χ4v) is 2.74. The quantitative estimate of drug-likeness (QED) is 0.669. The number of fused-ring (bicyclic) bond motifs is 1. The smallest absolute Gasteiger partial charge is 0.253 e. The summed E-state index contributed by atoms with van der Waals surface area (Å²) in [6.45, 7) is 0.357. The van der Waals surface area contributed by atoms with Crippen LogP contribution in [-0.2, 0) is 6.54 Å². The summed E-state index contributed by atoms with van der Waals surface area (Å²) >= 11 is 0. The summed E-state index contributed by atoms with van der Waals surface area (Å²) in [5.41, 5.74) is 2.75. The number of H-pyrrole nitrogens is 1. The van der Waals surface area contributed by atoms with Crippen molar-refractivity contribution < 1.29 is 9.59 Å². The number of rotatable bonds is 5. The van der Waals surface area contributed by atoms with Gasteiger partial charge in [-0.05, 0) is 42.7 Å². The Labute approximate surface area is 144 Å². The van der Waals surface area contributed by atoms with Gasteiger partial charge in [-0.3, -0.25) is 9.59 Å². The van der Waals surface area contributed by atoms with Crippen molar-refractivity contribution in [3.05, 3.63) is 65.5 Å². The van der Waals surface area contributed by atoms with Crippen molar-refractivity contribution in [1.82, 2.24) is 20.6 Å². The van der Waals surface area contributed by atoms with Gasteiger partial charge in [-0.1, -0.05) is 12.1 Å². The molecule has 1 aliphatic rings. The van der Waals surface area contributed by atoms with Crippen LogP contribution in [0.5, 0.6) is 0 Å². The summed E-state index contributed by atoms with van der Waals surface area (Å²) in [4.78, 5) is 31.7. The summed E-state index contributed by atoms with van der Waals surface area (Å²) in [6, 6.07) is 11.3. The van der Waals surface area contributed by atoms with Gasteiger partial charge in [-0.25, -0.2) is 4.98 Å². The molecular weight excluding hydrogens is 316 g/mol. The number of nitrogens with one attached hydrogen (secondary N) is 3. The van der Waals surface area contributed by atoms with Crippen LogP contribution in [0.1, 0.15) is 39.1 Å². The van der Waals surface area contributed by atoms with Crippen molar-refractivity contribution in [3.8, 4) is 0 Å². The first-order chi connectivity index (χ1) is 12.2. The topological polar surface area (TPSA) is 86.9 Å². The predicted octanol–water partition coefficient (Wildman–Crippen LogP) is 2.39. The van der Waals surface area contributed by atoms with Crippen LogP contribution < -0.4 is 10.6 Å². The first-order valence-corrected chi connectivity index (χ1v) is 8.31. The molecule has 25 heavy (non-hydrogen) atoms. The largest absolute Gasteiger partial charge is 0.349 e. The Morgan fingerprint density at radius 3 is 2.88 bits per heavy atom. The number of hydrogen-bond acceptors (Lipinski definition) is 3. The minimum atomic E-state index is -0.174. The summed E-state index contributed by atoms with van der Waals surface area (Å²) in [6.07, 6.45) is 5.45. The molecule has 0 spiro atoms. The van der Waals surface area contributed by atoms with E-state index in [0.29, 0.717) is 29.4 Å². The van der Waals surface area contributed by atoms with Gasteiger partial charge in [0.15, 0.2) is 0 Å². The first-order valence-electron chi connectivity index (χ1n) is 8.31. The lowest BCUT2D eigenvalue weighted by Gasteiger charge is -2.07. The van der Waals surface area contributed by atoms with E-state index in [9.17, 15) is 9.59 Å². The van der Waals surface area contributed by atoms with Gasteiger partial charge in [-0.15, -0.1) is 0 Å². The van der Waals surface area contributed by atoms with E-state index in [1.165, 1.54) is 0 Å². The van der Waals surface area contributed by atoms with Gasteiger partial charge in [0.25, 0.3) is 11.8 Å². The molecule has 6 heteroatoms. The van der Waals surface area contributed by atoms with Crippen LogP contribution in [0, 0.1) is 0 Å². The molecule has 0 atom stereocenters. The van der Waals surface area contributed by atoms with Crippen molar-refractivity contribution in [3.63, 3.8) is 0 Å². The molecule has 0 bridgehead atoms. The Morgan fingerprint density at radius 1 is 1.16 bits per heavy atom. The number of amides is 2. The van der Waals surface area contributed by atoms with Crippen molar-refractivity contribution in [2.75, 3.05) is 0 Å². The van der Waals surface area contributed by atoms with Gasteiger partial charge in [-0.2, -0.15) is 0 Å². The van der Waals surface area contributed by atoms with Crippen molar-refractivity contribution >= 4 is 22.8 Å². The maximum absolute atomic E-state index is 12.4. The molecule has 0 radical (unpaired) electrons. The van der Waals surface area contributed by atoms with Crippen molar-refractivity contribution in [1.29, 1.82) is 0 Å². The van der Waals surface area contributed by atoms with Crippen LogP contribution >= 0.6 is 0 Å². The van der Waals surface area contributed by atoms with E-state index in [-0.39, 0.29) is 11.8 Å². The monoisotopic (exact) mass is 334 g/mol. The lowest BCUT2D eigenvalue weighted by atomic mass is 10.1. The highest BCUT2D eigenvalue weighted by Gasteiger charge is 2.23. The summed E-state index contributed by atoms with van der Waals surface area (Å²) in [7, 11) is 0. The molecule has 6 nitrogen and oxygen atoms in total. The van der Waals surface area contributed by atoms with E-state index < -0.39 is 0 Å². The number of carbonyl (C=O) groups excluding carboxylic acids is 2. The van der Waals surface area contributed by atoms with Crippen LogP contribution in [0.15, 0.2) is 48.8 Å².